The highest BCUT2D eigenvalue weighted by atomic mass is 32.2. The Bertz CT molecular complexity index is 364. The number of sulfone groups is 1. The van der Waals surface area contributed by atoms with Crippen molar-refractivity contribution in [1.29, 1.82) is 0 Å². The number of carboxylic acid groups (broad SMARTS) is 1. The summed E-state index contributed by atoms with van der Waals surface area (Å²) in [7, 11) is -2.85. The molecule has 2 rings (SSSR count). The molecule has 2 heterocycles. The first-order valence-electron chi connectivity index (χ1n) is 5.14. The molecule has 2 saturated heterocycles. The third-order valence-corrected chi connectivity index (χ3v) is 5.19. The number of carbonyl (C=O) groups is 1. The molecule has 2 aliphatic rings. The van der Waals surface area contributed by atoms with Gasteiger partial charge in [0.1, 0.15) is 6.04 Å². The van der Waals surface area contributed by atoms with E-state index in [9.17, 15) is 13.2 Å². The van der Waals surface area contributed by atoms with Crippen LogP contribution >= 0.6 is 0 Å². The largest absolute Gasteiger partial charge is 0.480 e. The van der Waals surface area contributed by atoms with E-state index in [2.05, 4.69) is 5.32 Å². The molecule has 5 nitrogen and oxygen atoms in total. The molecule has 3 unspecified atom stereocenters. The van der Waals surface area contributed by atoms with E-state index in [4.69, 9.17) is 5.11 Å². The highest BCUT2D eigenvalue weighted by Gasteiger charge is 2.39. The van der Waals surface area contributed by atoms with Crippen molar-refractivity contribution < 1.29 is 18.3 Å². The van der Waals surface area contributed by atoms with E-state index in [1.807, 2.05) is 0 Å². The molecule has 0 saturated carbocycles. The predicted octanol–water partition coefficient (Wildman–Crippen LogP) is -0.516. The third kappa shape index (κ3) is 2.31. The molecule has 0 bridgehead atoms. The van der Waals surface area contributed by atoms with Crippen molar-refractivity contribution in [3.8, 4) is 0 Å². The average molecular weight is 233 g/mol. The van der Waals surface area contributed by atoms with E-state index in [1.165, 1.54) is 0 Å². The van der Waals surface area contributed by atoms with Crippen molar-refractivity contribution >= 4 is 15.8 Å². The van der Waals surface area contributed by atoms with Crippen LogP contribution in [0, 0.1) is 11.8 Å². The molecule has 2 aliphatic heterocycles. The van der Waals surface area contributed by atoms with Gasteiger partial charge in [-0.2, -0.15) is 0 Å². The molecule has 0 aliphatic carbocycles. The summed E-state index contributed by atoms with van der Waals surface area (Å²) in [6.07, 6.45) is 1.26. The molecule has 0 aromatic rings. The van der Waals surface area contributed by atoms with Gasteiger partial charge in [0.2, 0.25) is 0 Å². The Hall–Kier alpha value is -0.620. The first-order chi connectivity index (χ1) is 6.98. The molecule has 0 aromatic carbocycles. The lowest BCUT2D eigenvalue weighted by Crippen LogP contribution is -2.29. The highest BCUT2D eigenvalue weighted by molar-refractivity contribution is 7.91. The number of carboxylic acids is 1. The molecule has 0 aromatic heterocycles. The number of hydrogen-bond acceptors (Lipinski definition) is 4. The number of rotatable bonds is 2. The van der Waals surface area contributed by atoms with Crippen LogP contribution in [0.25, 0.3) is 0 Å². The van der Waals surface area contributed by atoms with Crippen LogP contribution in [-0.4, -0.2) is 43.6 Å². The van der Waals surface area contributed by atoms with Crippen molar-refractivity contribution in [2.75, 3.05) is 18.1 Å². The summed E-state index contributed by atoms with van der Waals surface area (Å²) in [6, 6.07) is -0.488. The maximum atomic E-state index is 11.3. The van der Waals surface area contributed by atoms with E-state index >= 15 is 0 Å². The van der Waals surface area contributed by atoms with Gasteiger partial charge in [0.05, 0.1) is 11.5 Å². The molecule has 0 amide bonds. The van der Waals surface area contributed by atoms with Crippen molar-refractivity contribution in [2.24, 2.45) is 11.8 Å². The first kappa shape index (κ1) is 10.9. The summed E-state index contributed by atoms with van der Waals surface area (Å²) in [5.74, 6) is 0.0472. The van der Waals surface area contributed by atoms with Gasteiger partial charge in [-0.15, -0.1) is 0 Å². The summed E-state index contributed by atoms with van der Waals surface area (Å²) < 4.78 is 22.6. The van der Waals surface area contributed by atoms with Gasteiger partial charge < -0.3 is 10.4 Å². The predicted molar refractivity (Wildman–Crippen MR) is 54.3 cm³/mol. The van der Waals surface area contributed by atoms with E-state index in [0.29, 0.717) is 19.4 Å². The molecule has 15 heavy (non-hydrogen) atoms. The standard InChI is InChI=1S/C9H15NO4S/c11-9(12)8-3-7(4-10-8)6-1-2-15(13,14)5-6/h6-8,10H,1-5H2,(H,11,12). The van der Waals surface area contributed by atoms with E-state index in [0.717, 1.165) is 0 Å². The first-order valence-corrected chi connectivity index (χ1v) is 6.97. The molecule has 0 spiro atoms. The topological polar surface area (TPSA) is 83.5 Å². The van der Waals surface area contributed by atoms with Gasteiger partial charge in [-0.1, -0.05) is 0 Å². The quantitative estimate of drug-likeness (QED) is 0.671. The smallest absolute Gasteiger partial charge is 0.320 e. The molecule has 6 heteroatoms. The number of nitrogens with one attached hydrogen (secondary N) is 1. The Kier molecular flexibility index (Phi) is 2.72. The third-order valence-electron chi connectivity index (χ3n) is 3.40. The maximum Gasteiger partial charge on any atom is 0.320 e. The van der Waals surface area contributed by atoms with Gasteiger partial charge in [0.25, 0.3) is 0 Å². The second-order valence-electron chi connectivity index (χ2n) is 4.46. The van der Waals surface area contributed by atoms with Crippen LogP contribution < -0.4 is 5.32 Å². The minimum absolute atomic E-state index is 0.159. The minimum atomic E-state index is -2.85. The average Bonchev–Trinajstić information content (AvgIpc) is 2.70. The van der Waals surface area contributed by atoms with E-state index in [-0.39, 0.29) is 23.3 Å². The fraction of sp³-hybridized carbons (Fsp3) is 0.889. The zero-order chi connectivity index (χ0) is 11.1. The van der Waals surface area contributed by atoms with Gasteiger partial charge in [-0.25, -0.2) is 8.42 Å². The van der Waals surface area contributed by atoms with Gasteiger partial charge >= 0.3 is 5.97 Å². The summed E-state index contributed by atoms with van der Waals surface area (Å²) >= 11 is 0. The van der Waals surface area contributed by atoms with Crippen LogP contribution in [0.3, 0.4) is 0 Å². The Labute approximate surface area is 88.8 Å². The summed E-state index contributed by atoms with van der Waals surface area (Å²) in [5, 5.41) is 11.7. The van der Waals surface area contributed by atoms with Crippen molar-refractivity contribution in [2.45, 2.75) is 18.9 Å². The van der Waals surface area contributed by atoms with E-state index < -0.39 is 21.8 Å². The highest BCUT2D eigenvalue weighted by Crippen LogP contribution is 2.31. The molecular weight excluding hydrogens is 218 g/mol. The lowest BCUT2D eigenvalue weighted by molar-refractivity contribution is -0.139. The number of hydrogen-bond donors (Lipinski definition) is 2. The van der Waals surface area contributed by atoms with Gasteiger partial charge in [0, 0.05) is 0 Å². The summed E-state index contributed by atoms with van der Waals surface area (Å²) in [6.45, 7) is 0.636. The number of aliphatic carboxylic acids is 1. The lowest BCUT2D eigenvalue weighted by atomic mass is 9.90. The fourth-order valence-electron chi connectivity index (χ4n) is 2.51. The second kappa shape index (κ2) is 3.75. The van der Waals surface area contributed by atoms with Crippen LogP contribution in [0.15, 0.2) is 0 Å². The Morgan fingerprint density at radius 3 is 2.53 bits per heavy atom. The zero-order valence-corrected chi connectivity index (χ0v) is 9.16. The fourth-order valence-corrected chi connectivity index (χ4v) is 4.43. The monoisotopic (exact) mass is 233 g/mol. The van der Waals surface area contributed by atoms with Crippen LogP contribution in [0.1, 0.15) is 12.8 Å². The SMILES string of the molecule is O=C(O)C1CC(C2CCS(=O)(=O)C2)CN1. The molecule has 0 radical (unpaired) electrons. The Balaban J connectivity index is 1.95. The molecular formula is C9H15NO4S. The Morgan fingerprint density at radius 1 is 1.33 bits per heavy atom. The molecule has 86 valence electrons. The van der Waals surface area contributed by atoms with Crippen molar-refractivity contribution in [1.82, 2.24) is 5.32 Å². The van der Waals surface area contributed by atoms with Crippen LogP contribution in [0.2, 0.25) is 0 Å². The molecule has 3 atom stereocenters. The summed E-state index contributed by atoms with van der Waals surface area (Å²) in [4.78, 5) is 10.7. The summed E-state index contributed by atoms with van der Waals surface area (Å²) in [5.41, 5.74) is 0. The lowest BCUT2D eigenvalue weighted by Gasteiger charge is -2.14. The Morgan fingerprint density at radius 2 is 2.07 bits per heavy atom. The van der Waals surface area contributed by atoms with Crippen LogP contribution in [0.5, 0.6) is 0 Å². The van der Waals surface area contributed by atoms with E-state index in [1.54, 1.807) is 0 Å². The van der Waals surface area contributed by atoms with Crippen LogP contribution in [0.4, 0.5) is 0 Å². The maximum absolute atomic E-state index is 11.3. The zero-order valence-electron chi connectivity index (χ0n) is 8.35. The van der Waals surface area contributed by atoms with Gasteiger partial charge in [-0.3, -0.25) is 4.79 Å². The molecule has 2 N–H and O–H groups in total. The van der Waals surface area contributed by atoms with Gasteiger partial charge in [0.15, 0.2) is 9.84 Å². The van der Waals surface area contributed by atoms with Crippen molar-refractivity contribution in [3.05, 3.63) is 0 Å². The molecule has 2 fully saturated rings. The van der Waals surface area contributed by atoms with Crippen molar-refractivity contribution in [3.63, 3.8) is 0 Å². The van der Waals surface area contributed by atoms with Gasteiger partial charge in [-0.05, 0) is 31.2 Å². The second-order valence-corrected chi connectivity index (χ2v) is 6.69. The van der Waals surface area contributed by atoms with Crippen LogP contribution in [-0.2, 0) is 14.6 Å². The minimum Gasteiger partial charge on any atom is -0.480 e. The normalized spacial score (nSPS) is 39.3.